The Balaban J connectivity index is 1.98. The van der Waals surface area contributed by atoms with Gasteiger partial charge in [-0.15, -0.1) is 0 Å². The highest BCUT2D eigenvalue weighted by molar-refractivity contribution is 4.69. The van der Waals surface area contributed by atoms with Gasteiger partial charge in [-0.1, -0.05) is 0 Å². The summed E-state index contributed by atoms with van der Waals surface area (Å²) in [5, 5.41) is 12.9. The van der Waals surface area contributed by atoms with Crippen molar-refractivity contribution in [1.29, 1.82) is 0 Å². The summed E-state index contributed by atoms with van der Waals surface area (Å²) >= 11 is 0. The van der Waals surface area contributed by atoms with Crippen LogP contribution in [-0.4, -0.2) is 51.2 Å². The maximum atomic E-state index is 9.76. The highest BCUT2D eigenvalue weighted by atomic mass is 16.5. The molecule has 1 atom stereocenters. The van der Waals surface area contributed by atoms with Crippen molar-refractivity contribution in [2.75, 3.05) is 40.0 Å². The van der Waals surface area contributed by atoms with Crippen molar-refractivity contribution >= 4 is 0 Å². The van der Waals surface area contributed by atoms with Crippen molar-refractivity contribution in [2.45, 2.75) is 25.4 Å². The highest BCUT2D eigenvalue weighted by Crippen LogP contribution is 2.19. The molecule has 1 aliphatic heterocycles. The summed E-state index contributed by atoms with van der Waals surface area (Å²) in [5.41, 5.74) is 0. The van der Waals surface area contributed by atoms with E-state index in [0.717, 1.165) is 39.0 Å². The fourth-order valence-corrected chi connectivity index (χ4v) is 1.89. The molecule has 1 saturated heterocycles. The van der Waals surface area contributed by atoms with Crippen LogP contribution in [-0.2, 0) is 9.47 Å². The molecule has 0 saturated carbocycles. The van der Waals surface area contributed by atoms with Gasteiger partial charge in [0.2, 0.25) is 0 Å². The number of rotatable bonds is 7. The van der Waals surface area contributed by atoms with Gasteiger partial charge in [-0.25, -0.2) is 0 Å². The molecule has 1 aliphatic rings. The lowest BCUT2D eigenvalue weighted by molar-refractivity contribution is 0.0435. The number of aliphatic hydroxyl groups is 1. The molecule has 0 aromatic rings. The van der Waals surface area contributed by atoms with Crippen molar-refractivity contribution in [2.24, 2.45) is 5.92 Å². The molecule has 0 radical (unpaired) electrons. The standard InChI is InChI=1S/C11H23NO3/c1-14-7-4-12-9-11(13)8-10-2-5-15-6-3-10/h10-13H,2-9H2,1H3. The zero-order valence-electron chi connectivity index (χ0n) is 9.58. The molecular formula is C11H23NO3. The van der Waals surface area contributed by atoms with Crippen LogP contribution in [0.4, 0.5) is 0 Å². The van der Waals surface area contributed by atoms with Crippen LogP contribution in [0.25, 0.3) is 0 Å². The summed E-state index contributed by atoms with van der Waals surface area (Å²) < 4.78 is 10.2. The number of nitrogens with one attached hydrogen (secondary N) is 1. The van der Waals surface area contributed by atoms with Crippen molar-refractivity contribution in [3.8, 4) is 0 Å². The summed E-state index contributed by atoms with van der Waals surface area (Å²) in [6.07, 6.45) is 2.85. The van der Waals surface area contributed by atoms with E-state index < -0.39 is 0 Å². The summed E-state index contributed by atoms with van der Waals surface area (Å²) in [5.74, 6) is 0.637. The number of methoxy groups -OCH3 is 1. The van der Waals surface area contributed by atoms with E-state index in [9.17, 15) is 5.11 Å². The average Bonchev–Trinajstić information content (AvgIpc) is 2.26. The van der Waals surface area contributed by atoms with Crippen LogP contribution in [0.15, 0.2) is 0 Å². The van der Waals surface area contributed by atoms with E-state index in [1.54, 1.807) is 7.11 Å². The molecule has 1 rings (SSSR count). The summed E-state index contributed by atoms with van der Waals surface area (Å²) in [4.78, 5) is 0. The van der Waals surface area contributed by atoms with Crippen LogP contribution < -0.4 is 5.32 Å². The van der Waals surface area contributed by atoms with Gasteiger partial charge < -0.3 is 19.9 Å². The van der Waals surface area contributed by atoms with Crippen LogP contribution in [0, 0.1) is 5.92 Å². The van der Waals surface area contributed by atoms with Gasteiger partial charge in [-0.05, 0) is 25.2 Å². The Morgan fingerprint density at radius 1 is 1.47 bits per heavy atom. The lowest BCUT2D eigenvalue weighted by Crippen LogP contribution is -2.31. The van der Waals surface area contributed by atoms with Crippen LogP contribution in [0.1, 0.15) is 19.3 Å². The van der Waals surface area contributed by atoms with E-state index in [4.69, 9.17) is 9.47 Å². The first-order chi connectivity index (χ1) is 7.33. The van der Waals surface area contributed by atoms with Gasteiger partial charge in [-0.3, -0.25) is 0 Å². The summed E-state index contributed by atoms with van der Waals surface area (Å²) in [6, 6.07) is 0. The number of hydrogen-bond donors (Lipinski definition) is 2. The lowest BCUT2D eigenvalue weighted by atomic mass is 9.94. The van der Waals surface area contributed by atoms with Crippen LogP contribution in [0.2, 0.25) is 0 Å². The number of ether oxygens (including phenoxy) is 2. The summed E-state index contributed by atoms with van der Waals surface area (Å²) in [7, 11) is 1.68. The second-order valence-electron chi connectivity index (χ2n) is 4.14. The fourth-order valence-electron chi connectivity index (χ4n) is 1.89. The quantitative estimate of drug-likeness (QED) is 0.606. The lowest BCUT2D eigenvalue weighted by Gasteiger charge is -2.24. The molecule has 0 bridgehead atoms. The third-order valence-corrected chi connectivity index (χ3v) is 2.81. The molecule has 1 fully saturated rings. The zero-order chi connectivity index (χ0) is 10.9. The van der Waals surface area contributed by atoms with E-state index in [0.29, 0.717) is 19.1 Å². The molecule has 4 heteroatoms. The largest absolute Gasteiger partial charge is 0.392 e. The first-order valence-corrected chi connectivity index (χ1v) is 5.78. The Kier molecular flexibility index (Phi) is 6.92. The first kappa shape index (κ1) is 12.9. The number of aliphatic hydroxyl groups excluding tert-OH is 1. The average molecular weight is 217 g/mol. The van der Waals surface area contributed by atoms with E-state index in [1.807, 2.05) is 0 Å². The van der Waals surface area contributed by atoms with E-state index in [2.05, 4.69) is 5.32 Å². The van der Waals surface area contributed by atoms with E-state index in [1.165, 1.54) is 0 Å². The van der Waals surface area contributed by atoms with Crippen LogP contribution in [0.3, 0.4) is 0 Å². The molecule has 4 nitrogen and oxygen atoms in total. The molecule has 0 aromatic heterocycles. The number of hydrogen-bond acceptors (Lipinski definition) is 4. The SMILES string of the molecule is COCCNCC(O)CC1CCOCC1. The first-order valence-electron chi connectivity index (χ1n) is 5.78. The van der Waals surface area contributed by atoms with Crippen molar-refractivity contribution in [3.05, 3.63) is 0 Å². The predicted molar refractivity (Wildman–Crippen MR) is 58.9 cm³/mol. The smallest absolute Gasteiger partial charge is 0.0667 e. The maximum absolute atomic E-state index is 9.76. The Labute approximate surface area is 92.0 Å². The molecule has 0 spiro atoms. The third-order valence-electron chi connectivity index (χ3n) is 2.81. The van der Waals surface area contributed by atoms with Crippen LogP contribution >= 0.6 is 0 Å². The Hall–Kier alpha value is -0.160. The molecule has 1 heterocycles. The van der Waals surface area contributed by atoms with Gasteiger partial charge in [0.1, 0.15) is 0 Å². The fraction of sp³-hybridized carbons (Fsp3) is 1.00. The predicted octanol–water partition coefficient (Wildman–Crippen LogP) is 0.400. The highest BCUT2D eigenvalue weighted by Gasteiger charge is 2.17. The molecule has 2 N–H and O–H groups in total. The topological polar surface area (TPSA) is 50.7 Å². The van der Waals surface area contributed by atoms with E-state index >= 15 is 0 Å². The molecule has 15 heavy (non-hydrogen) atoms. The molecular weight excluding hydrogens is 194 g/mol. The minimum atomic E-state index is -0.232. The van der Waals surface area contributed by atoms with Crippen molar-refractivity contribution in [1.82, 2.24) is 5.32 Å². The van der Waals surface area contributed by atoms with Crippen LogP contribution in [0.5, 0.6) is 0 Å². The monoisotopic (exact) mass is 217 g/mol. The molecule has 0 amide bonds. The third kappa shape index (κ3) is 6.10. The minimum Gasteiger partial charge on any atom is -0.392 e. The van der Waals surface area contributed by atoms with Gasteiger partial charge in [0.25, 0.3) is 0 Å². The maximum Gasteiger partial charge on any atom is 0.0667 e. The molecule has 90 valence electrons. The second kappa shape index (κ2) is 8.05. The zero-order valence-corrected chi connectivity index (χ0v) is 9.58. The summed E-state index contributed by atoms with van der Waals surface area (Å²) in [6.45, 7) is 3.88. The van der Waals surface area contributed by atoms with Crippen molar-refractivity contribution in [3.63, 3.8) is 0 Å². The van der Waals surface area contributed by atoms with E-state index in [-0.39, 0.29) is 6.10 Å². The minimum absolute atomic E-state index is 0.232. The second-order valence-corrected chi connectivity index (χ2v) is 4.14. The van der Waals surface area contributed by atoms with Gasteiger partial charge in [-0.2, -0.15) is 0 Å². The van der Waals surface area contributed by atoms with Gasteiger partial charge in [0.15, 0.2) is 0 Å². The van der Waals surface area contributed by atoms with Gasteiger partial charge in [0.05, 0.1) is 12.7 Å². The Bertz CT molecular complexity index is 149. The van der Waals surface area contributed by atoms with Crippen molar-refractivity contribution < 1.29 is 14.6 Å². The normalized spacial score (nSPS) is 20.4. The van der Waals surface area contributed by atoms with Gasteiger partial charge >= 0.3 is 0 Å². The Morgan fingerprint density at radius 2 is 2.20 bits per heavy atom. The molecule has 1 unspecified atom stereocenters. The molecule has 0 aliphatic carbocycles. The molecule has 0 aromatic carbocycles. The Morgan fingerprint density at radius 3 is 2.87 bits per heavy atom. The van der Waals surface area contributed by atoms with Gasteiger partial charge in [0, 0.05) is 33.4 Å².